The Morgan fingerprint density at radius 1 is 1.32 bits per heavy atom. The number of carbonyl (C=O) groups is 1. The average molecular weight is 394 g/mol. The van der Waals surface area contributed by atoms with Crippen LogP contribution in [0.2, 0.25) is 0 Å². The number of nitrogens with zero attached hydrogens (tertiary/aromatic N) is 2. The van der Waals surface area contributed by atoms with Gasteiger partial charge in [0.2, 0.25) is 0 Å². The highest BCUT2D eigenvalue weighted by atomic mass is 32.1. The number of ether oxygens (including phenoxy) is 1. The summed E-state index contributed by atoms with van der Waals surface area (Å²) < 4.78 is 11.1. The van der Waals surface area contributed by atoms with Crippen LogP contribution in [0.5, 0.6) is 0 Å². The van der Waals surface area contributed by atoms with Crippen molar-refractivity contribution in [1.82, 2.24) is 15.0 Å². The maximum Gasteiger partial charge on any atom is 0.275 e. The molecule has 1 unspecified atom stereocenters. The fourth-order valence-electron chi connectivity index (χ4n) is 3.36. The van der Waals surface area contributed by atoms with Gasteiger partial charge in [-0.3, -0.25) is 4.79 Å². The van der Waals surface area contributed by atoms with Crippen molar-refractivity contribution in [2.75, 3.05) is 11.9 Å². The quantitative estimate of drug-likeness (QED) is 0.524. The number of hydrogen-bond donors (Lipinski definition) is 2. The Morgan fingerprint density at radius 3 is 3.04 bits per heavy atom. The summed E-state index contributed by atoms with van der Waals surface area (Å²) in [4.78, 5) is 25.9. The normalized spacial score (nSPS) is 16.7. The second kappa shape index (κ2) is 6.88. The number of thiazole rings is 1. The second-order valence-electron chi connectivity index (χ2n) is 6.71. The second-order valence-corrected chi connectivity index (χ2v) is 7.91. The van der Waals surface area contributed by atoms with E-state index in [9.17, 15) is 4.79 Å². The van der Waals surface area contributed by atoms with Gasteiger partial charge in [0.1, 0.15) is 17.6 Å². The van der Waals surface area contributed by atoms with Crippen molar-refractivity contribution in [1.29, 1.82) is 0 Å². The number of anilines is 1. The molecule has 0 spiro atoms. The summed E-state index contributed by atoms with van der Waals surface area (Å²) in [5.74, 6) is 1.26. The number of furan rings is 1. The van der Waals surface area contributed by atoms with Gasteiger partial charge in [0.05, 0.1) is 17.3 Å². The van der Waals surface area contributed by atoms with Crippen molar-refractivity contribution in [3.63, 3.8) is 0 Å². The first-order chi connectivity index (χ1) is 13.7. The van der Waals surface area contributed by atoms with E-state index in [0.717, 1.165) is 41.2 Å². The monoisotopic (exact) mass is 394 g/mol. The molecule has 28 heavy (non-hydrogen) atoms. The first-order valence-corrected chi connectivity index (χ1v) is 9.93. The summed E-state index contributed by atoms with van der Waals surface area (Å²) in [7, 11) is 0. The summed E-state index contributed by atoms with van der Waals surface area (Å²) in [5, 5.41) is 3.62. The lowest BCUT2D eigenvalue weighted by molar-refractivity contribution is 0.102. The van der Waals surface area contributed by atoms with Crippen molar-refractivity contribution in [3.05, 3.63) is 53.0 Å². The van der Waals surface area contributed by atoms with Crippen LogP contribution in [0.15, 0.2) is 41.0 Å². The van der Waals surface area contributed by atoms with Gasteiger partial charge in [-0.2, -0.15) is 0 Å². The molecule has 1 saturated heterocycles. The molecule has 1 atom stereocenters. The smallest absolute Gasteiger partial charge is 0.275 e. The minimum absolute atomic E-state index is 0.0307. The van der Waals surface area contributed by atoms with Crippen LogP contribution in [0, 0.1) is 6.92 Å². The first-order valence-electron chi connectivity index (χ1n) is 9.11. The van der Waals surface area contributed by atoms with Crippen LogP contribution in [0.1, 0.15) is 40.1 Å². The van der Waals surface area contributed by atoms with Gasteiger partial charge >= 0.3 is 0 Å². The molecule has 1 aromatic carbocycles. The predicted octanol–water partition coefficient (Wildman–Crippen LogP) is 4.69. The third-order valence-electron chi connectivity index (χ3n) is 4.74. The number of carbonyl (C=O) groups excluding carboxylic acids is 1. The molecule has 8 heteroatoms. The van der Waals surface area contributed by atoms with Crippen molar-refractivity contribution < 1.29 is 13.9 Å². The van der Waals surface area contributed by atoms with Crippen LogP contribution in [-0.4, -0.2) is 27.5 Å². The van der Waals surface area contributed by atoms with Crippen LogP contribution < -0.4 is 5.32 Å². The average Bonchev–Trinajstić information content (AvgIpc) is 3.45. The minimum atomic E-state index is -0.246. The molecule has 1 amide bonds. The summed E-state index contributed by atoms with van der Waals surface area (Å²) in [6, 6.07) is 9.25. The fraction of sp³-hybridized carbons (Fsp3) is 0.250. The minimum Gasteiger partial charge on any atom is -0.462 e. The van der Waals surface area contributed by atoms with Crippen LogP contribution in [0.3, 0.4) is 0 Å². The van der Waals surface area contributed by atoms with Gasteiger partial charge in [-0.05, 0) is 50.1 Å². The first kappa shape index (κ1) is 17.2. The maximum absolute atomic E-state index is 12.7. The third kappa shape index (κ3) is 3.10. The number of benzene rings is 1. The molecule has 7 nitrogen and oxygen atoms in total. The highest BCUT2D eigenvalue weighted by Crippen LogP contribution is 2.30. The molecule has 1 aliphatic heterocycles. The van der Waals surface area contributed by atoms with Crippen molar-refractivity contribution in [2.24, 2.45) is 0 Å². The van der Waals surface area contributed by atoms with E-state index >= 15 is 0 Å². The topological polar surface area (TPSA) is 93.0 Å². The Kier molecular flexibility index (Phi) is 4.22. The lowest BCUT2D eigenvalue weighted by atomic mass is 10.2. The van der Waals surface area contributed by atoms with Crippen molar-refractivity contribution in [2.45, 2.75) is 25.9 Å². The molecular weight excluding hydrogens is 376 g/mol. The lowest BCUT2D eigenvalue weighted by Gasteiger charge is -2.04. The van der Waals surface area contributed by atoms with E-state index in [4.69, 9.17) is 9.15 Å². The van der Waals surface area contributed by atoms with Gasteiger partial charge < -0.3 is 19.5 Å². The van der Waals surface area contributed by atoms with E-state index in [1.165, 1.54) is 11.3 Å². The fourth-order valence-corrected chi connectivity index (χ4v) is 4.23. The van der Waals surface area contributed by atoms with E-state index in [0.29, 0.717) is 22.1 Å². The molecule has 3 aromatic heterocycles. The Morgan fingerprint density at radius 2 is 2.25 bits per heavy atom. The van der Waals surface area contributed by atoms with E-state index in [1.807, 2.05) is 31.2 Å². The van der Waals surface area contributed by atoms with Gasteiger partial charge in [-0.1, -0.05) is 0 Å². The van der Waals surface area contributed by atoms with Gasteiger partial charge in [0.25, 0.3) is 5.91 Å². The maximum atomic E-state index is 12.7. The number of imidazole rings is 1. The molecular formula is C20H18N4O3S. The number of rotatable bonds is 4. The third-order valence-corrected chi connectivity index (χ3v) is 5.72. The zero-order valence-corrected chi connectivity index (χ0v) is 16.0. The number of nitrogens with one attached hydrogen (secondary N) is 2. The predicted molar refractivity (Wildman–Crippen MR) is 107 cm³/mol. The molecule has 1 aliphatic rings. The number of hydrogen-bond acceptors (Lipinski definition) is 6. The summed E-state index contributed by atoms with van der Waals surface area (Å²) >= 11 is 1.44. The molecule has 5 rings (SSSR count). The SMILES string of the molecule is Cc1sc(-c2ccco2)nc1C(=O)Nc1ccc2nc(C3CCCO3)[nH]c2c1. The van der Waals surface area contributed by atoms with E-state index < -0.39 is 0 Å². The summed E-state index contributed by atoms with van der Waals surface area (Å²) in [6.45, 7) is 2.65. The zero-order valence-electron chi connectivity index (χ0n) is 15.2. The molecule has 2 N–H and O–H groups in total. The van der Waals surface area contributed by atoms with Gasteiger partial charge in [0.15, 0.2) is 10.8 Å². The molecule has 0 radical (unpaired) electrons. The number of H-pyrrole nitrogens is 1. The Bertz CT molecular complexity index is 1140. The van der Waals surface area contributed by atoms with Gasteiger partial charge in [-0.25, -0.2) is 9.97 Å². The molecule has 0 bridgehead atoms. The largest absolute Gasteiger partial charge is 0.462 e. The molecule has 0 aliphatic carbocycles. The number of amides is 1. The van der Waals surface area contributed by atoms with Gasteiger partial charge in [0, 0.05) is 17.2 Å². The number of aromatic nitrogens is 3. The van der Waals surface area contributed by atoms with Crippen LogP contribution in [0.4, 0.5) is 5.69 Å². The number of fused-ring (bicyclic) bond motifs is 1. The zero-order chi connectivity index (χ0) is 19.1. The molecule has 0 saturated carbocycles. The highest BCUT2D eigenvalue weighted by molar-refractivity contribution is 7.15. The molecule has 142 valence electrons. The number of aryl methyl sites for hydroxylation is 1. The molecule has 4 heterocycles. The lowest BCUT2D eigenvalue weighted by Crippen LogP contribution is -2.13. The summed E-state index contributed by atoms with van der Waals surface area (Å²) in [6.07, 6.45) is 3.65. The van der Waals surface area contributed by atoms with Crippen LogP contribution >= 0.6 is 11.3 Å². The van der Waals surface area contributed by atoms with Crippen molar-refractivity contribution >= 4 is 34.0 Å². The van der Waals surface area contributed by atoms with E-state index in [2.05, 4.69) is 20.3 Å². The highest BCUT2D eigenvalue weighted by Gasteiger charge is 2.21. The van der Waals surface area contributed by atoms with Crippen LogP contribution in [-0.2, 0) is 4.74 Å². The Hall–Kier alpha value is -2.97. The Balaban J connectivity index is 1.38. The molecule has 1 fully saturated rings. The standard InChI is InChI=1S/C20H18N4O3S/c1-11-17(24-20(28-11)16-5-3-9-27-16)19(25)21-12-6-7-13-14(10-12)23-18(22-13)15-4-2-8-26-15/h3,5-7,9-10,15H,2,4,8H2,1H3,(H,21,25)(H,22,23). The van der Waals surface area contributed by atoms with Crippen LogP contribution in [0.25, 0.3) is 21.8 Å². The van der Waals surface area contributed by atoms with E-state index in [-0.39, 0.29) is 12.0 Å². The van der Waals surface area contributed by atoms with Crippen molar-refractivity contribution in [3.8, 4) is 10.8 Å². The van der Waals surface area contributed by atoms with E-state index in [1.54, 1.807) is 12.3 Å². The summed E-state index contributed by atoms with van der Waals surface area (Å²) in [5.41, 5.74) is 2.82. The Labute approximate surface area is 164 Å². The number of aromatic amines is 1. The van der Waals surface area contributed by atoms with Gasteiger partial charge in [-0.15, -0.1) is 11.3 Å². The molecule has 4 aromatic rings.